The van der Waals surface area contributed by atoms with Gasteiger partial charge >= 0.3 is 0 Å². The van der Waals surface area contributed by atoms with Gasteiger partial charge in [-0.3, -0.25) is 0 Å². The molecule has 1 nitrogen and oxygen atoms in total. The quantitative estimate of drug-likeness (QED) is 0.314. The van der Waals surface area contributed by atoms with E-state index < -0.39 is 9.04 Å². The van der Waals surface area contributed by atoms with Gasteiger partial charge in [-0.1, -0.05) is 120 Å². The van der Waals surface area contributed by atoms with Crippen molar-refractivity contribution < 1.29 is 4.43 Å². The van der Waals surface area contributed by atoms with Crippen molar-refractivity contribution in [2.45, 2.75) is 118 Å². The van der Waals surface area contributed by atoms with Gasteiger partial charge in [0.15, 0.2) is 0 Å². The fourth-order valence-corrected chi connectivity index (χ4v) is 4.52. The van der Waals surface area contributed by atoms with Crippen LogP contribution in [0, 0.1) is 0 Å². The fraction of sp³-hybridized carbons (Fsp3) is 0.562. The molecule has 2 aromatic carbocycles. The maximum absolute atomic E-state index is 6.57. The molecule has 0 heterocycles. The molecule has 0 aliphatic carbocycles. The lowest BCUT2D eigenvalue weighted by atomic mass is 9.78. The van der Waals surface area contributed by atoms with Gasteiger partial charge in [-0.2, -0.15) is 0 Å². The normalized spacial score (nSPS) is 13.7. The Morgan fingerprint density at radius 1 is 0.559 bits per heavy atom. The molecule has 0 saturated carbocycles. The van der Waals surface area contributed by atoms with Crippen molar-refractivity contribution in [3.63, 3.8) is 0 Å². The minimum absolute atomic E-state index is 0.00204. The summed E-state index contributed by atoms with van der Waals surface area (Å²) in [4.78, 5) is 0. The lowest BCUT2D eigenvalue weighted by Crippen LogP contribution is -2.21. The fourth-order valence-electron chi connectivity index (χ4n) is 3.88. The van der Waals surface area contributed by atoms with E-state index in [0.717, 1.165) is 5.75 Å². The summed E-state index contributed by atoms with van der Waals surface area (Å²) in [6.45, 7) is 31.9. The van der Waals surface area contributed by atoms with Crippen LogP contribution in [0.1, 0.15) is 116 Å². The zero-order valence-corrected chi connectivity index (χ0v) is 25.4. The minimum Gasteiger partial charge on any atom is -0.542 e. The van der Waals surface area contributed by atoms with Crippen LogP contribution in [0.25, 0.3) is 12.2 Å². The van der Waals surface area contributed by atoms with E-state index in [4.69, 9.17) is 4.43 Å². The summed E-state index contributed by atoms with van der Waals surface area (Å²) in [5.74, 6) is 1.05. The zero-order chi connectivity index (χ0) is 26.3. The molecule has 0 amide bonds. The molecule has 2 rings (SSSR count). The van der Waals surface area contributed by atoms with Gasteiger partial charge in [0.2, 0.25) is 0 Å². The van der Waals surface area contributed by atoms with Gasteiger partial charge in [0.05, 0.1) is 0 Å². The Balaban J connectivity index is 2.78. The van der Waals surface area contributed by atoms with E-state index in [1.807, 2.05) is 0 Å². The summed E-state index contributed by atoms with van der Waals surface area (Å²) in [6, 6.07) is 11.8. The van der Waals surface area contributed by atoms with Crippen LogP contribution in [0.15, 0.2) is 30.3 Å². The molecule has 0 aliphatic rings. The van der Waals surface area contributed by atoms with E-state index in [1.54, 1.807) is 0 Å². The average Bonchev–Trinajstić information content (AvgIpc) is 2.63. The molecule has 1 radical (unpaired) electrons. The first-order chi connectivity index (χ1) is 15.2. The molecule has 0 bridgehead atoms. The largest absolute Gasteiger partial charge is 0.542 e. The van der Waals surface area contributed by atoms with Gasteiger partial charge in [-0.05, 0) is 68.6 Å². The third-order valence-electron chi connectivity index (χ3n) is 6.24. The predicted octanol–water partition coefficient (Wildman–Crippen LogP) is 9.68. The summed E-state index contributed by atoms with van der Waals surface area (Å²) in [5.41, 5.74) is 8.11. The summed E-state index contributed by atoms with van der Waals surface area (Å²) in [5, 5.41) is 0. The summed E-state index contributed by atoms with van der Waals surface area (Å²) < 4.78 is 6.57. The Morgan fingerprint density at radius 2 is 1.00 bits per heavy atom. The van der Waals surface area contributed by atoms with E-state index >= 15 is 0 Å². The molecular weight excluding hydrogens is 428 g/mol. The molecule has 0 aromatic heterocycles. The monoisotopic (exact) mass is 477 g/mol. The van der Waals surface area contributed by atoms with E-state index in [9.17, 15) is 0 Å². The Hall–Kier alpha value is -1.80. The van der Waals surface area contributed by atoms with Gasteiger partial charge in [0.25, 0.3) is 9.04 Å². The zero-order valence-electron chi connectivity index (χ0n) is 24.4. The van der Waals surface area contributed by atoms with Gasteiger partial charge in [-0.25, -0.2) is 0 Å². The Bertz CT molecular complexity index is 997. The third-order valence-corrected chi connectivity index (χ3v) is 6.85. The van der Waals surface area contributed by atoms with Crippen molar-refractivity contribution >= 4 is 21.2 Å². The van der Waals surface area contributed by atoms with Crippen LogP contribution in [0.2, 0.25) is 13.1 Å². The number of rotatable bonds is 4. The van der Waals surface area contributed by atoms with Gasteiger partial charge < -0.3 is 4.43 Å². The predicted molar refractivity (Wildman–Crippen MR) is 155 cm³/mol. The summed E-state index contributed by atoms with van der Waals surface area (Å²) >= 11 is 0. The van der Waals surface area contributed by atoms with E-state index in [-0.39, 0.29) is 21.7 Å². The molecule has 0 N–H and O–H groups in total. The first-order valence-electron chi connectivity index (χ1n) is 12.7. The van der Waals surface area contributed by atoms with E-state index in [2.05, 4.69) is 139 Å². The lowest BCUT2D eigenvalue weighted by Gasteiger charge is -2.29. The Labute approximate surface area is 212 Å². The number of hydrogen-bond donors (Lipinski definition) is 0. The van der Waals surface area contributed by atoms with Gasteiger partial charge in [0, 0.05) is 5.56 Å². The highest BCUT2D eigenvalue weighted by Gasteiger charge is 2.26. The van der Waals surface area contributed by atoms with Crippen LogP contribution in [-0.4, -0.2) is 9.04 Å². The van der Waals surface area contributed by atoms with Gasteiger partial charge in [-0.15, -0.1) is 0 Å². The molecule has 187 valence electrons. The Kier molecular flexibility index (Phi) is 8.10. The average molecular weight is 478 g/mol. The van der Waals surface area contributed by atoms with Crippen molar-refractivity contribution in [3.05, 3.63) is 63.7 Å². The van der Waals surface area contributed by atoms with Crippen molar-refractivity contribution in [2.24, 2.45) is 0 Å². The molecule has 0 spiro atoms. The van der Waals surface area contributed by atoms with Crippen LogP contribution >= 0.6 is 0 Å². The molecule has 2 heteroatoms. The first kappa shape index (κ1) is 28.4. The van der Waals surface area contributed by atoms with Crippen LogP contribution < -0.4 is 4.43 Å². The smallest absolute Gasteiger partial charge is 0.274 e. The second-order valence-electron chi connectivity index (χ2n) is 14.1. The SMILES string of the molecule is C[Si](C)Oc1c(C=Cc2cc(C(C)(C)C)cc(C(C)(C)C)c2)cc(C(C)(C)C)cc1C(C)(C)C. The molecule has 0 atom stereocenters. The van der Waals surface area contributed by atoms with Crippen LogP contribution in [0.3, 0.4) is 0 Å². The van der Waals surface area contributed by atoms with E-state index in [1.165, 1.54) is 33.4 Å². The second kappa shape index (κ2) is 9.68. The van der Waals surface area contributed by atoms with Crippen LogP contribution in [0.4, 0.5) is 0 Å². The molecular formula is C32H49OSi. The highest BCUT2D eigenvalue weighted by Crippen LogP contribution is 2.40. The maximum atomic E-state index is 6.57. The van der Waals surface area contributed by atoms with Crippen molar-refractivity contribution in [3.8, 4) is 5.75 Å². The van der Waals surface area contributed by atoms with Crippen LogP contribution in [0.5, 0.6) is 5.75 Å². The highest BCUT2D eigenvalue weighted by molar-refractivity contribution is 6.49. The maximum Gasteiger partial charge on any atom is 0.274 e. The molecule has 0 fully saturated rings. The van der Waals surface area contributed by atoms with Crippen molar-refractivity contribution in [1.29, 1.82) is 0 Å². The number of benzene rings is 2. The molecule has 0 saturated heterocycles. The lowest BCUT2D eigenvalue weighted by molar-refractivity contribution is 0.513. The molecule has 34 heavy (non-hydrogen) atoms. The summed E-state index contributed by atoms with van der Waals surface area (Å²) in [6.07, 6.45) is 4.56. The minimum atomic E-state index is -0.906. The summed E-state index contributed by atoms with van der Waals surface area (Å²) in [7, 11) is -0.906. The second-order valence-corrected chi connectivity index (χ2v) is 16.2. The van der Waals surface area contributed by atoms with Crippen molar-refractivity contribution in [1.82, 2.24) is 0 Å². The highest BCUT2D eigenvalue weighted by atomic mass is 28.3. The third kappa shape index (κ3) is 7.35. The molecule has 2 aromatic rings. The Morgan fingerprint density at radius 3 is 1.38 bits per heavy atom. The topological polar surface area (TPSA) is 9.23 Å². The molecule has 0 unspecified atom stereocenters. The number of hydrogen-bond acceptors (Lipinski definition) is 1. The van der Waals surface area contributed by atoms with Crippen LogP contribution in [-0.2, 0) is 21.7 Å². The first-order valence-corrected chi connectivity index (χ1v) is 15.1. The van der Waals surface area contributed by atoms with E-state index in [0.29, 0.717) is 0 Å². The molecule has 0 aliphatic heterocycles. The standard InChI is InChI=1S/C32H49OSi/c1-29(2,3)24-17-22(18-25(20-24)30(4,5)6)15-16-23-19-26(31(7,8)9)21-27(32(10,11)12)28(23)33-34(13)14/h15-21H,1-14H3. The van der Waals surface area contributed by atoms with Crippen molar-refractivity contribution in [2.75, 3.05) is 0 Å². The van der Waals surface area contributed by atoms with Gasteiger partial charge in [0.1, 0.15) is 5.75 Å².